The van der Waals surface area contributed by atoms with Crippen LogP contribution < -0.4 is 11.1 Å². The van der Waals surface area contributed by atoms with Gasteiger partial charge >= 0.3 is 0 Å². The average molecular weight is 252 g/mol. The van der Waals surface area contributed by atoms with Gasteiger partial charge in [0.2, 0.25) is 5.91 Å². The van der Waals surface area contributed by atoms with Crippen molar-refractivity contribution in [1.29, 1.82) is 0 Å². The fourth-order valence-electron chi connectivity index (χ4n) is 3.51. The first-order valence-corrected chi connectivity index (χ1v) is 7.63. The summed E-state index contributed by atoms with van der Waals surface area (Å²) in [5.74, 6) is 1.40. The molecular weight excluding hydrogens is 224 g/mol. The third kappa shape index (κ3) is 2.87. The Labute approximate surface area is 111 Å². The van der Waals surface area contributed by atoms with Gasteiger partial charge in [0.15, 0.2) is 0 Å². The van der Waals surface area contributed by atoms with Crippen LogP contribution in [0.3, 0.4) is 0 Å². The second kappa shape index (κ2) is 5.60. The molecule has 0 heterocycles. The number of hydrogen-bond acceptors (Lipinski definition) is 2. The lowest BCUT2D eigenvalue weighted by Gasteiger charge is -2.38. The highest BCUT2D eigenvalue weighted by atomic mass is 16.2. The van der Waals surface area contributed by atoms with Crippen LogP contribution in [0.5, 0.6) is 0 Å². The first-order chi connectivity index (χ1) is 8.53. The highest BCUT2D eigenvalue weighted by Crippen LogP contribution is 2.31. The monoisotopic (exact) mass is 252 g/mol. The number of nitrogens with two attached hydrogens (primary N) is 1. The Balaban J connectivity index is 1.93. The van der Waals surface area contributed by atoms with E-state index in [1.807, 2.05) is 0 Å². The number of amides is 1. The summed E-state index contributed by atoms with van der Waals surface area (Å²) in [7, 11) is 0. The normalized spacial score (nSPS) is 36.1. The zero-order valence-electron chi connectivity index (χ0n) is 11.9. The highest BCUT2D eigenvalue weighted by molar-refractivity contribution is 5.86. The van der Waals surface area contributed by atoms with E-state index >= 15 is 0 Å². The van der Waals surface area contributed by atoms with Crippen molar-refractivity contribution in [2.75, 3.05) is 0 Å². The van der Waals surface area contributed by atoms with Crippen molar-refractivity contribution in [1.82, 2.24) is 5.32 Å². The molecule has 2 aliphatic rings. The van der Waals surface area contributed by atoms with Crippen LogP contribution in [-0.2, 0) is 4.79 Å². The van der Waals surface area contributed by atoms with E-state index in [1.54, 1.807) is 0 Å². The van der Waals surface area contributed by atoms with Gasteiger partial charge in [0, 0.05) is 6.04 Å². The molecule has 0 aromatic rings. The van der Waals surface area contributed by atoms with Crippen LogP contribution in [0.4, 0.5) is 0 Å². The number of nitrogens with one attached hydrogen (secondary N) is 1. The lowest BCUT2D eigenvalue weighted by Crippen LogP contribution is -2.58. The maximum atomic E-state index is 12.4. The third-order valence-corrected chi connectivity index (χ3v) is 5.22. The minimum absolute atomic E-state index is 0.105. The molecule has 1 amide bonds. The Kier molecular flexibility index (Phi) is 4.31. The quantitative estimate of drug-likeness (QED) is 0.793. The molecule has 0 spiro atoms. The Bertz CT molecular complexity index is 297. The van der Waals surface area contributed by atoms with E-state index in [0.29, 0.717) is 17.9 Å². The maximum Gasteiger partial charge on any atom is 0.240 e. The van der Waals surface area contributed by atoms with Crippen molar-refractivity contribution in [2.45, 2.75) is 76.8 Å². The lowest BCUT2D eigenvalue weighted by molar-refractivity contribution is -0.129. The zero-order valence-corrected chi connectivity index (χ0v) is 11.9. The molecule has 0 saturated heterocycles. The summed E-state index contributed by atoms with van der Waals surface area (Å²) in [4.78, 5) is 12.4. The van der Waals surface area contributed by atoms with Gasteiger partial charge in [-0.15, -0.1) is 0 Å². The third-order valence-electron chi connectivity index (χ3n) is 5.22. The number of carbonyl (C=O) groups is 1. The first kappa shape index (κ1) is 13.9. The van der Waals surface area contributed by atoms with Crippen LogP contribution in [0.25, 0.3) is 0 Å². The summed E-state index contributed by atoms with van der Waals surface area (Å²) in [5, 5.41) is 3.25. The summed E-state index contributed by atoms with van der Waals surface area (Å²) in [6.45, 7) is 4.56. The fourth-order valence-corrected chi connectivity index (χ4v) is 3.51. The Morgan fingerprint density at radius 2 is 1.78 bits per heavy atom. The first-order valence-electron chi connectivity index (χ1n) is 7.63. The molecule has 0 aliphatic heterocycles. The van der Waals surface area contributed by atoms with Crippen LogP contribution in [0, 0.1) is 11.8 Å². The SMILES string of the molecule is CC1CCCC(NC(=O)C2(N)CCCCC2)C1C. The van der Waals surface area contributed by atoms with Gasteiger partial charge in [0.1, 0.15) is 0 Å². The van der Waals surface area contributed by atoms with Gasteiger partial charge < -0.3 is 11.1 Å². The van der Waals surface area contributed by atoms with Crippen LogP contribution >= 0.6 is 0 Å². The standard InChI is InChI=1S/C15H28N2O/c1-11-7-6-8-13(12(11)2)17-14(18)15(16)9-4-3-5-10-15/h11-13H,3-10,16H2,1-2H3,(H,17,18). The molecule has 3 atom stereocenters. The number of carbonyl (C=O) groups excluding carboxylic acids is 1. The minimum atomic E-state index is -0.585. The summed E-state index contributed by atoms with van der Waals surface area (Å²) in [6.07, 6.45) is 8.78. The van der Waals surface area contributed by atoms with E-state index in [-0.39, 0.29) is 5.91 Å². The second-order valence-corrected chi connectivity index (χ2v) is 6.56. The molecule has 2 aliphatic carbocycles. The highest BCUT2D eigenvalue weighted by Gasteiger charge is 2.38. The van der Waals surface area contributed by atoms with Gasteiger partial charge in [0.05, 0.1) is 5.54 Å². The molecule has 2 fully saturated rings. The van der Waals surface area contributed by atoms with Crippen LogP contribution in [0.2, 0.25) is 0 Å². The molecule has 0 bridgehead atoms. The van der Waals surface area contributed by atoms with Crippen molar-refractivity contribution >= 4 is 5.91 Å². The van der Waals surface area contributed by atoms with Crippen LogP contribution in [0.15, 0.2) is 0 Å². The van der Waals surface area contributed by atoms with Crippen molar-refractivity contribution in [3.05, 3.63) is 0 Å². The molecule has 0 radical (unpaired) electrons. The molecule has 2 saturated carbocycles. The molecule has 3 unspecified atom stereocenters. The van der Waals surface area contributed by atoms with E-state index in [9.17, 15) is 4.79 Å². The fraction of sp³-hybridized carbons (Fsp3) is 0.933. The molecule has 18 heavy (non-hydrogen) atoms. The smallest absolute Gasteiger partial charge is 0.240 e. The molecule has 0 aromatic heterocycles. The molecule has 0 aromatic carbocycles. The van der Waals surface area contributed by atoms with Gasteiger partial charge in [-0.3, -0.25) is 4.79 Å². The molecule has 3 N–H and O–H groups in total. The molecule has 2 rings (SSSR count). The second-order valence-electron chi connectivity index (χ2n) is 6.56. The Morgan fingerprint density at radius 3 is 2.44 bits per heavy atom. The van der Waals surface area contributed by atoms with Gasteiger partial charge in [-0.05, 0) is 31.1 Å². The van der Waals surface area contributed by atoms with Gasteiger partial charge in [-0.25, -0.2) is 0 Å². The van der Waals surface area contributed by atoms with E-state index in [1.165, 1.54) is 19.3 Å². The van der Waals surface area contributed by atoms with Gasteiger partial charge in [0.25, 0.3) is 0 Å². The van der Waals surface area contributed by atoms with E-state index in [2.05, 4.69) is 19.2 Å². The van der Waals surface area contributed by atoms with Gasteiger partial charge in [-0.2, -0.15) is 0 Å². The van der Waals surface area contributed by atoms with Crippen LogP contribution in [0.1, 0.15) is 65.2 Å². The molecule has 3 heteroatoms. The van der Waals surface area contributed by atoms with Crippen molar-refractivity contribution in [2.24, 2.45) is 17.6 Å². The Morgan fingerprint density at radius 1 is 1.11 bits per heavy atom. The lowest BCUT2D eigenvalue weighted by atomic mass is 9.77. The number of rotatable bonds is 2. The van der Waals surface area contributed by atoms with E-state index in [4.69, 9.17) is 5.73 Å². The van der Waals surface area contributed by atoms with Crippen molar-refractivity contribution < 1.29 is 4.79 Å². The van der Waals surface area contributed by atoms with E-state index < -0.39 is 5.54 Å². The zero-order chi connectivity index (χ0) is 13.2. The largest absolute Gasteiger partial charge is 0.351 e. The molecule has 3 nitrogen and oxygen atoms in total. The summed E-state index contributed by atoms with van der Waals surface area (Å²) >= 11 is 0. The maximum absolute atomic E-state index is 12.4. The topological polar surface area (TPSA) is 55.1 Å². The molecular formula is C15H28N2O. The average Bonchev–Trinajstić information content (AvgIpc) is 2.36. The van der Waals surface area contributed by atoms with Gasteiger partial charge in [-0.1, -0.05) is 46.0 Å². The summed E-state index contributed by atoms with van der Waals surface area (Å²) in [6, 6.07) is 0.337. The summed E-state index contributed by atoms with van der Waals surface area (Å²) < 4.78 is 0. The number of hydrogen-bond donors (Lipinski definition) is 2. The minimum Gasteiger partial charge on any atom is -0.351 e. The molecule has 104 valence electrons. The van der Waals surface area contributed by atoms with Crippen molar-refractivity contribution in [3.8, 4) is 0 Å². The van der Waals surface area contributed by atoms with Crippen molar-refractivity contribution in [3.63, 3.8) is 0 Å². The van der Waals surface area contributed by atoms with Crippen LogP contribution in [-0.4, -0.2) is 17.5 Å². The Hall–Kier alpha value is -0.570. The van der Waals surface area contributed by atoms with E-state index in [0.717, 1.165) is 32.1 Å². The predicted molar refractivity (Wildman–Crippen MR) is 74.1 cm³/mol. The predicted octanol–water partition coefficient (Wildman–Crippen LogP) is 2.59. The summed E-state index contributed by atoms with van der Waals surface area (Å²) in [5.41, 5.74) is 5.70.